The van der Waals surface area contributed by atoms with Crippen molar-refractivity contribution in [3.8, 4) is 11.5 Å². The third-order valence-corrected chi connectivity index (χ3v) is 6.16. The Hall–Kier alpha value is -4.32. The number of aliphatic hydroxyl groups excluding tert-OH is 1. The largest absolute Gasteiger partial charge is 0.503 e. The van der Waals surface area contributed by atoms with Gasteiger partial charge in [0.1, 0.15) is 0 Å². The van der Waals surface area contributed by atoms with Crippen molar-refractivity contribution in [1.29, 1.82) is 0 Å². The van der Waals surface area contributed by atoms with Crippen molar-refractivity contribution in [1.82, 2.24) is 4.90 Å². The average molecular weight is 498 g/mol. The van der Waals surface area contributed by atoms with Gasteiger partial charge in [-0.1, -0.05) is 72.8 Å². The minimum atomic E-state index is -0.765. The van der Waals surface area contributed by atoms with Gasteiger partial charge in [-0.25, -0.2) is 0 Å². The molecule has 1 heterocycles. The highest BCUT2D eigenvalue weighted by Gasteiger charge is 2.43. The number of carbonyl (C=O) groups excluding carboxylic acids is 2. The molecule has 1 aliphatic rings. The van der Waals surface area contributed by atoms with Crippen LogP contribution in [0.5, 0.6) is 11.5 Å². The van der Waals surface area contributed by atoms with E-state index in [0.717, 1.165) is 11.1 Å². The number of benzene rings is 3. The molecule has 1 aliphatic heterocycles. The molecule has 0 bridgehead atoms. The number of rotatable bonds is 11. The number of nitrogens with zero attached hydrogens (tertiary/aromatic N) is 1. The number of amides is 1. The van der Waals surface area contributed by atoms with Crippen molar-refractivity contribution in [3.63, 3.8) is 0 Å². The molecule has 6 nitrogen and oxygen atoms in total. The highest BCUT2D eigenvalue weighted by Crippen LogP contribution is 2.41. The van der Waals surface area contributed by atoms with Crippen LogP contribution >= 0.6 is 0 Å². The van der Waals surface area contributed by atoms with Gasteiger partial charge in [0.15, 0.2) is 23.0 Å². The molecule has 0 radical (unpaired) electrons. The zero-order valence-corrected chi connectivity index (χ0v) is 21.1. The molecular weight excluding hydrogens is 466 g/mol. The summed E-state index contributed by atoms with van der Waals surface area (Å²) in [5.74, 6) is -0.403. The lowest BCUT2D eigenvalue weighted by Crippen LogP contribution is -2.33. The molecule has 37 heavy (non-hydrogen) atoms. The second kappa shape index (κ2) is 12.1. The lowest BCUT2D eigenvalue weighted by molar-refractivity contribution is -0.129. The lowest BCUT2D eigenvalue weighted by atomic mass is 9.95. The molecule has 0 fully saturated rings. The minimum Gasteiger partial charge on any atom is -0.503 e. The number of hydrogen-bond donors (Lipinski definition) is 1. The SMILES string of the molecule is CCOc1ccc(C2C(C(=O)C=Cc3ccccc3)=C(O)C(=O)N2CCc2ccccc2)cc1OCC. The lowest BCUT2D eigenvalue weighted by Gasteiger charge is -2.27. The van der Waals surface area contributed by atoms with Crippen LogP contribution in [0, 0.1) is 0 Å². The molecule has 0 aromatic heterocycles. The summed E-state index contributed by atoms with van der Waals surface area (Å²) in [5, 5.41) is 10.9. The molecule has 3 aromatic carbocycles. The Morgan fingerprint density at radius 2 is 1.57 bits per heavy atom. The third kappa shape index (κ3) is 5.92. The fourth-order valence-corrected chi connectivity index (χ4v) is 4.44. The van der Waals surface area contributed by atoms with E-state index in [2.05, 4.69) is 0 Å². The topological polar surface area (TPSA) is 76.1 Å². The van der Waals surface area contributed by atoms with Crippen molar-refractivity contribution in [2.75, 3.05) is 19.8 Å². The summed E-state index contributed by atoms with van der Waals surface area (Å²) in [7, 11) is 0. The first-order valence-electron chi connectivity index (χ1n) is 12.5. The molecule has 1 amide bonds. The van der Waals surface area contributed by atoms with Gasteiger partial charge in [0, 0.05) is 6.54 Å². The van der Waals surface area contributed by atoms with Crippen LogP contribution in [0.2, 0.25) is 0 Å². The number of allylic oxidation sites excluding steroid dienone is 1. The van der Waals surface area contributed by atoms with Crippen LogP contribution < -0.4 is 9.47 Å². The van der Waals surface area contributed by atoms with Crippen molar-refractivity contribution >= 4 is 17.8 Å². The van der Waals surface area contributed by atoms with Gasteiger partial charge in [0.2, 0.25) is 0 Å². The number of ketones is 1. The summed E-state index contributed by atoms with van der Waals surface area (Å²) in [6.07, 6.45) is 3.66. The Bertz CT molecular complexity index is 1300. The zero-order chi connectivity index (χ0) is 26.2. The maximum Gasteiger partial charge on any atom is 0.290 e. The molecule has 3 aromatic rings. The number of ether oxygens (including phenoxy) is 2. The third-order valence-electron chi connectivity index (χ3n) is 6.16. The van der Waals surface area contributed by atoms with E-state index in [4.69, 9.17) is 9.47 Å². The van der Waals surface area contributed by atoms with E-state index in [1.807, 2.05) is 80.6 Å². The molecule has 0 spiro atoms. The van der Waals surface area contributed by atoms with E-state index in [0.29, 0.717) is 43.2 Å². The highest BCUT2D eigenvalue weighted by molar-refractivity contribution is 6.14. The van der Waals surface area contributed by atoms with E-state index in [1.165, 1.54) is 6.08 Å². The second-order valence-electron chi connectivity index (χ2n) is 8.58. The smallest absolute Gasteiger partial charge is 0.290 e. The maximum atomic E-state index is 13.4. The second-order valence-corrected chi connectivity index (χ2v) is 8.58. The molecule has 1 atom stereocenters. The van der Waals surface area contributed by atoms with Gasteiger partial charge < -0.3 is 19.5 Å². The number of hydrogen-bond acceptors (Lipinski definition) is 5. The van der Waals surface area contributed by atoms with Crippen LogP contribution in [0.15, 0.2) is 96.3 Å². The Kier molecular flexibility index (Phi) is 8.41. The van der Waals surface area contributed by atoms with Gasteiger partial charge in [-0.2, -0.15) is 0 Å². The fraction of sp³-hybridized carbons (Fsp3) is 0.226. The zero-order valence-electron chi connectivity index (χ0n) is 21.1. The van der Waals surface area contributed by atoms with E-state index in [9.17, 15) is 14.7 Å². The normalized spacial score (nSPS) is 15.5. The standard InChI is InChI=1S/C31H31NO5/c1-3-36-26-18-16-24(21-27(26)37-4-2)29-28(25(33)17-15-22-11-7-5-8-12-22)30(34)31(35)32(29)20-19-23-13-9-6-10-14-23/h5-18,21,29,34H,3-4,19-20H2,1-2H3. The maximum absolute atomic E-state index is 13.4. The summed E-state index contributed by atoms with van der Waals surface area (Å²) in [6.45, 7) is 4.99. The van der Waals surface area contributed by atoms with Gasteiger partial charge in [-0.15, -0.1) is 0 Å². The first-order chi connectivity index (χ1) is 18.0. The molecule has 1 N–H and O–H groups in total. The molecule has 4 rings (SSSR count). The van der Waals surface area contributed by atoms with Crippen LogP contribution in [0.1, 0.15) is 36.6 Å². The minimum absolute atomic E-state index is 0.0526. The van der Waals surface area contributed by atoms with Crippen LogP contribution in [-0.2, 0) is 16.0 Å². The molecule has 0 saturated carbocycles. The Morgan fingerprint density at radius 1 is 0.919 bits per heavy atom. The van der Waals surface area contributed by atoms with Crippen molar-refractivity contribution in [2.24, 2.45) is 0 Å². The first kappa shape index (κ1) is 25.8. The van der Waals surface area contributed by atoms with Crippen LogP contribution in [-0.4, -0.2) is 41.5 Å². The number of carbonyl (C=O) groups is 2. The van der Waals surface area contributed by atoms with Crippen molar-refractivity contribution < 1.29 is 24.2 Å². The molecule has 0 saturated heterocycles. The van der Waals surface area contributed by atoms with Crippen molar-refractivity contribution in [2.45, 2.75) is 26.3 Å². The average Bonchev–Trinajstić information content (AvgIpc) is 3.18. The quantitative estimate of drug-likeness (QED) is 0.344. The van der Waals surface area contributed by atoms with Crippen LogP contribution in [0.4, 0.5) is 0 Å². The summed E-state index contributed by atoms with van der Waals surface area (Å²) in [4.78, 5) is 28.2. The van der Waals surface area contributed by atoms with E-state index in [-0.39, 0.29) is 5.57 Å². The Balaban J connectivity index is 1.72. The fourth-order valence-electron chi connectivity index (χ4n) is 4.44. The molecular formula is C31H31NO5. The van der Waals surface area contributed by atoms with E-state index in [1.54, 1.807) is 23.1 Å². The molecule has 0 aliphatic carbocycles. The molecule has 1 unspecified atom stereocenters. The van der Waals surface area contributed by atoms with Gasteiger partial charge in [0.25, 0.3) is 5.91 Å². The summed E-state index contributed by atoms with van der Waals surface area (Å²) < 4.78 is 11.5. The Morgan fingerprint density at radius 3 is 2.24 bits per heavy atom. The first-order valence-corrected chi connectivity index (χ1v) is 12.5. The monoisotopic (exact) mass is 497 g/mol. The summed E-state index contributed by atoms with van der Waals surface area (Å²) in [5.41, 5.74) is 2.61. The summed E-state index contributed by atoms with van der Waals surface area (Å²) >= 11 is 0. The predicted octanol–water partition coefficient (Wildman–Crippen LogP) is 5.70. The van der Waals surface area contributed by atoms with Gasteiger partial charge in [-0.05, 0) is 55.2 Å². The predicted molar refractivity (Wildman–Crippen MR) is 144 cm³/mol. The summed E-state index contributed by atoms with van der Waals surface area (Å²) in [6, 6.07) is 23.8. The van der Waals surface area contributed by atoms with Gasteiger partial charge >= 0.3 is 0 Å². The number of aliphatic hydroxyl groups is 1. The highest BCUT2D eigenvalue weighted by atomic mass is 16.5. The Labute approximate surface area is 217 Å². The molecule has 6 heteroatoms. The van der Waals surface area contributed by atoms with E-state index < -0.39 is 23.5 Å². The van der Waals surface area contributed by atoms with Crippen LogP contribution in [0.3, 0.4) is 0 Å². The van der Waals surface area contributed by atoms with Crippen molar-refractivity contribution in [3.05, 3.63) is 113 Å². The van der Waals surface area contributed by atoms with Crippen LogP contribution in [0.25, 0.3) is 6.08 Å². The van der Waals surface area contributed by atoms with E-state index >= 15 is 0 Å². The molecule has 190 valence electrons. The van der Waals surface area contributed by atoms with Gasteiger partial charge in [-0.3, -0.25) is 9.59 Å². The van der Waals surface area contributed by atoms with Gasteiger partial charge in [0.05, 0.1) is 24.8 Å².